The Kier molecular flexibility index (Phi) is 4.38. The number of carbonyl (C=O) groups is 1. The first-order chi connectivity index (χ1) is 12.6. The number of thiophene rings is 1. The van der Waals surface area contributed by atoms with Gasteiger partial charge in [0.2, 0.25) is 0 Å². The molecule has 1 N–H and O–H groups in total. The molecule has 1 aromatic heterocycles. The largest absolute Gasteiger partial charge is 0.573 e. The molecule has 3 aliphatic heterocycles. The fraction of sp³-hybridized carbons (Fsp3) is 0.526. The maximum atomic E-state index is 12.9. The second-order valence-corrected chi connectivity index (χ2v) is 8.81. The number of hydrogen-bond acceptors (Lipinski definition) is 4. The third kappa shape index (κ3) is 3.40. The Balaban J connectivity index is 1.59. The maximum Gasteiger partial charge on any atom is 0.573 e. The number of alkyl halides is 3. The van der Waals surface area contributed by atoms with Crippen LogP contribution in [0.25, 0.3) is 10.1 Å². The van der Waals surface area contributed by atoms with Gasteiger partial charge in [-0.2, -0.15) is 0 Å². The predicted molar refractivity (Wildman–Crippen MR) is 98.1 cm³/mol. The lowest BCUT2D eigenvalue weighted by molar-refractivity contribution is -0.274. The topological polar surface area (TPSA) is 41.6 Å². The normalized spacial score (nSPS) is 26.9. The molecule has 0 unspecified atom stereocenters. The fourth-order valence-corrected chi connectivity index (χ4v) is 5.46. The highest BCUT2D eigenvalue weighted by molar-refractivity contribution is 7.21. The monoisotopic (exact) mass is 398 g/mol. The molecule has 0 aliphatic carbocycles. The molecule has 0 spiro atoms. The maximum absolute atomic E-state index is 12.9. The molecule has 1 aromatic carbocycles. The van der Waals surface area contributed by atoms with Gasteiger partial charge in [-0.3, -0.25) is 9.69 Å². The Labute approximate surface area is 159 Å². The summed E-state index contributed by atoms with van der Waals surface area (Å²) in [7, 11) is 0. The molecule has 146 valence electrons. The number of halogens is 3. The lowest BCUT2D eigenvalue weighted by Crippen LogP contribution is -2.69. The molecule has 1 amide bonds. The molecule has 4 nitrogen and oxygen atoms in total. The number of piperidine rings is 3. The highest BCUT2D eigenvalue weighted by atomic mass is 32.1. The van der Waals surface area contributed by atoms with Crippen LogP contribution in [0.4, 0.5) is 13.2 Å². The minimum absolute atomic E-state index is 0.0311. The highest BCUT2D eigenvalue weighted by Crippen LogP contribution is 2.40. The average molecular weight is 398 g/mol. The van der Waals surface area contributed by atoms with Gasteiger partial charge >= 0.3 is 6.36 Å². The van der Waals surface area contributed by atoms with Gasteiger partial charge in [-0.1, -0.05) is 12.1 Å². The van der Waals surface area contributed by atoms with E-state index in [4.69, 9.17) is 0 Å². The van der Waals surface area contributed by atoms with Gasteiger partial charge in [0.1, 0.15) is 5.75 Å². The van der Waals surface area contributed by atoms with Gasteiger partial charge in [-0.15, -0.1) is 24.5 Å². The molecule has 2 aromatic rings. The Morgan fingerprint density at radius 1 is 1.30 bits per heavy atom. The second kappa shape index (κ2) is 6.38. The van der Waals surface area contributed by atoms with E-state index in [1.165, 1.54) is 12.1 Å². The molecule has 5 rings (SSSR count). The first kappa shape index (κ1) is 18.6. The van der Waals surface area contributed by atoms with E-state index in [9.17, 15) is 18.0 Å². The zero-order chi connectivity index (χ0) is 19.4. The van der Waals surface area contributed by atoms with Crippen molar-refractivity contribution >= 4 is 27.3 Å². The number of nitrogens with zero attached hydrogens (tertiary/aromatic N) is 1. The van der Waals surface area contributed by atoms with Gasteiger partial charge in [0, 0.05) is 11.6 Å². The third-order valence-corrected chi connectivity index (χ3v) is 7.00. The smallest absolute Gasteiger partial charge is 0.404 e. The second-order valence-electron chi connectivity index (χ2n) is 7.76. The summed E-state index contributed by atoms with van der Waals surface area (Å²) in [5.41, 5.74) is -0.127. The summed E-state index contributed by atoms with van der Waals surface area (Å²) in [5.74, 6) is -0.0688. The summed E-state index contributed by atoms with van der Waals surface area (Å²) >= 11 is 1.03. The van der Waals surface area contributed by atoms with Crippen LogP contribution in [-0.2, 0) is 0 Å². The van der Waals surface area contributed by atoms with Crippen LogP contribution in [-0.4, -0.2) is 41.8 Å². The van der Waals surface area contributed by atoms with E-state index < -0.39 is 6.36 Å². The van der Waals surface area contributed by atoms with Crippen molar-refractivity contribution in [1.82, 2.24) is 10.2 Å². The van der Waals surface area contributed by atoms with E-state index in [2.05, 4.69) is 28.8 Å². The Hall–Kier alpha value is -1.80. The summed E-state index contributed by atoms with van der Waals surface area (Å²) in [5, 5.41) is 3.72. The minimum Gasteiger partial charge on any atom is -0.404 e. The standard InChI is InChI=1S/C19H21F3N2O2S/c1-18(2)16(11-6-8-24(18)9-7-11)23-17(25)14-10-12-4-3-5-13(15(12)27-14)26-19(20,21)22/h3-5,10-11,16H,6-9H2,1-2H3,(H,23,25)/t16-/m1/s1. The van der Waals surface area contributed by atoms with Crippen LogP contribution in [0, 0.1) is 5.92 Å². The number of ether oxygens (including phenoxy) is 1. The van der Waals surface area contributed by atoms with Gasteiger partial charge in [0.05, 0.1) is 9.58 Å². The van der Waals surface area contributed by atoms with E-state index in [0.29, 0.717) is 20.9 Å². The van der Waals surface area contributed by atoms with Crippen LogP contribution in [0.15, 0.2) is 24.3 Å². The molecule has 4 heterocycles. The summed E-state index contributed by atoms with van der Waals surface area (Å²) in [6, 6.07) is 6.11. The molecule has 8 heteroatoms. The number of hydrogen-bond donors (Lipinski definition) is 1. The molecule has 27 heavy (non-hydrogen) atoms. The van der Waals surface area contributed by atoms with E-state index in [-0.39, 0.29) is 23.2 Å². The van der Waals surface area contributed by atoms with Gasteiger partial charge in [0.25, 0.3) is 5.91 Å². The molecular formula is C19H21F3N2O2S. The van der Waals surface area contributed by atoms with Crippen molar-refractivity contribution in [3.05, 3.63) is 29.1 Å². The van der Waals surface area contributed by atoms with Crippen LogP contribution in [0.1, 0.15) is 36.4 Å². The molecule has 0 radical (unpaired) electrons. The SMILES string of the molecule is CC1(C)[C@H](NC(=O)c2cc3cccc(OC(F)(F)F)c3s2)C2CCN1CC2. The lowest BCUT2D eigenvalue weighted by atomic mass is 9.72. The predicted octanol–water partition coefficient (Wildman–Crippen LogP) is 4.40. The first-order valence-corrected chi connectivity index (χ1v) is 9.81. The lowest BCUT2D eigenvalue weighted by Gasteiger charge is -2.56. The number of amides is 1. The summed E-state index contributed by atoms with van der Waals surface area (Å²) in [6.45, 7) is 6.38. The number of nitrogens with one attached hydrogen (secondary N) is 1. The highest BCUT2D eigenvalue weighted by Gasteiger charge is 2.48. The van der Waals surface area contributed by atoms with Crippen LogP contribution >= 0.6 is 11.3 Å². The summed E-state index contributed by atoms with van der Waals surface area (Å²) < 4.78 is 42.3. The van der Waals surface area contributed by atoms with Crippen LogP contribution in [0.3, 0.4) is 0 Å². The van der Waals surface area contributed by atoms with E-state index in [0.717, 1.165) is 37.3 Å². The van der Waals surface area contributed by atoms with Crippen molar-refractivity contribution in [2.75, 3.05) is 13.1 Å². The average Bonchev–Trinajstić information content (AvgIpc) is 3.02. The molecule has 2 bridgehead atoms. The molecule has 3 saturated heterocycles. The number of carbonyl (C=O) groups excluding carboxylic acids is 1. The molecule has 0 saturated carbocycles. The van der Waals surface area contributed by atoms with E-state index >= 15 is 0 Å². The van der Waals surface area contributed by atoms with Crippen LogP contribution < -0.4 is 10.1 Å². The first-order valence-electron chi connectivity index (χ1n) is 8.99. The van der Waals surface area contributed by atoms with Crippen molar-refractivity contribution in [2.24, 2.45) is 5.92 Å². The Morgan fingerprint density at radius 3 is 2.63 bits per heavy atom. The van der Waals surface area contributed by atoms with Crippen molar-refractivity contribution < 1.29 is 22.7 Å². The molecule has 3 fully saturated rings. The van der Waals surface area contributed by atoms with Crippen LogP contribution in [0.2, 0.25) is 0 Å². The van der Waals surface area contributed by atoms with E-state index in [1.807, 2.05) is 0 Å². The number of benzene rings is 1. The zero-order valence-corrected chi connectivity index (χ0v) is 15.9. The Bertz CT molecular complexity index is 869. The zero-order valence-electron chi connectivity index (χ0n) is 15.1. The van der Waals surface area contributed by atoms with Gasteiger partial charge in [-0.25, -0.2) is 0 Å². The van der Waals surface area contributed by atoms with Crippen molar-refractivity contribution in [2.45, 2.75) is 44.6 Å². The minimum atomic E-state index is -4.76. The van der Waals surface area contributed by atoms with Gasteiger partial charge < -0.3 is 10.1 Å². The van der Waals surface area contributed by atoms with Crippen molar-refractivity contribution in [3.8, 4) is 5.75 Å². The third-order valence-electron chi connectivity index (χ3n) is 5.83. The van der Waals surface area contributed by atoms with Crippen LogP contribution in [0.5, 0.6) is 5.75 Å². The quantitative estimate of drug-likeness (QED) is 0.833. The molecular weight excluding hydrogens is 377 g/mol. The number of fused-ring (bicyclic) bond motifs is 4. The fourth-order valence-electron chi connectivity index (χ4n) is 4.44. The van der Waals surface area contributed by atoms with E-state index in [1.54, 1.807) is 12.1 Å². The summed E-state index contributed by atoms with van der Waals surface area (Å²) in [6.07, 6.45) is -2.64. The van der Waals surface area contributed by atoms with Crippen molar-refractivity contribution in [1.29, 1.82) is 0 Å². The Morgan fingerprint density at radius 2 is 2.00 bits per heavy atom. The van der Waals surface area contributed by atoms with Crippen molar-refractivity contribution in [3.63, 3.8) is 0 Å². The van der Waals surface area contributed by atoms with Gasteiger partial charge in [-0.05, 0) is 63.2 Å². The molecule has 3 aliphatic rings. The van der Waals surface area contributed by atoms with Gasteiger partial charge in [0.15, 0.2) is 0 Å². The summed E-state index contributed by atoms with van der Waals surface area (Å²) in [4.78, 5) is 15.7. The number of rotatable bonds is 3. The molecule has 1 atom stereocenters.